The summed E-state index contributed by atoms with van der Waals surface area (Å²) in [6.07, 6.45) is 10.5. The number of rotatable bonds is 7. The number of carbonyl (C=O) groups excluding carboxylic acids is 1. The number of carbonyl (C=O) groups is 1. The van der Waals surface area contributed by atoms with Crippen molar-refractivity contribution in [2.24, 2.45) is 0 Å². The van der Waals surface area contributed by atoms with Gasteiger partial charge in [-0.2, -0.15) is 5.10 Å². The van der Waals surface area contributed by atoms with Gasteiger partial charge in [0.2, 0.25) is 5.91 Å². The average molecular weight is 435 g/mol. The molecule has 3 heterocycles. The second-order valence-corrected chi connectivity index (χ2v) is 8.34. The highest BCUT2D eigenvalue weighted by Crippen LogP contribution is 2.36. The quantitative estimate of drug-likeness (QED) is 0.565. The van der Waals surface area contributed by atoms with Crippen molar-refractivity contribution in [2.75, 3.05) is 18.4 Å². The van der Waals surface area contributed by atoms with Crippen LogP contribution >= 0.6 is 0 Å². The largest absolute Gasteiger partial charge is 0.323 e. The van der Waals surface area contributed by atoms with E-state index in [0.717, 1.165) is 24.6 Å². The Kier molecular flexibility index (Phi) is 5.53. The van der Waals surface area contributed by atoms with Gasteiger partial charge in [0.05, 0.1) is 18.4 Å². The van der Waals surface area contributed by atoms with Crippen LogP contribution in [0.25, 0.3) is 17.2 Å². The molecule has 1 aliphatic carbocycles. The number of amides is 1. The zero-order chi connectivity index (χ0) is 22.1. The van der Waals surface area contributed by atoms with Crippen LogP contribution in [0.5, 0.6) is 0 Å². The average Bonchev–Trinajstić information content (AvgIpc) is 3.50. The molecule has 0 radical (unpaired) electrons. The Morgan fingerprint density at radius 2 is 1.94 bits per heavy atom. The molecule has 2 fully saturated rings. The lowest BCUT2D eigenvalue weighted by Gasteiger charge is -2.34. The first-order valence-corrected chi connectivity index (χ1v) is 10.7. The van der Waals surface area contributed by atoms with E-state index < -0.39 is 12.0 Å². The Balaban J connectivity index is 1.25. The van der Waals surface area contributed by atoms with Gasteiger partial charge in [-0.1, -0.05) is 12.1 Å². The summed E-state index contributed by atoms with van der Waals surface area (Å²) in [4.78, 5) is 18.3. The number of hydrogen-bond donors (Lipinski definition) is 1. The normalized spacial score (nSPS) is 16.9. The van der Waals surface area contributed by atoms with Crippen LogP contribution in [0.4, 0.5) is 14.5 Å². The van der Waals surface area contributed by atoms with Crippen molar-refractivity contribution in [3.8, 4) is 11.1 Å². The number of hydrogen-bond acceptors (Lipinski definition) is 4. The van der Waals surface area contributed by atoms with Crippen molar-refractivity contribution in [2.45, 2.75) is 31.6 Å². The molecule has 8 heteroatoms. The first-order valence-electron chi connectivity index (χ1n) is 10.7. The predicted molar refractivity (Wildman–Crippen MR) is 118 cm³/mol. The Labute approximate surface area is 184 Å². The summed E-state index contributed by atoms with van der Waals surface area (Å²) in [6.45, 7) is 1.64. The van der Waals surface area contributed by atoms with E-state index >= 15 is 0 Å². The SMILES string of the molecule is O=C(C=Cc1cncc(F)c1-c1cnn(C2CC2)c1)Nc1ccc(CN2CC(F)C2)cc1. The number of aromatic nitrogens is 3. The highest BCUT2D eigenvalue weighted by Gasteiger charge is 2.26. The Hall–Kier alpha value is -3.39. The highest BCUT2D eigenvalue weighted by atomic mass is 19.1. The Bertz CT molecular complexity index is 1150. The molecule has 5 rings (SSSR count). The van der Waals surface area contributed by atoms with Crippen LogP contribution in [0.15, 0.2) is 55.1 Å². The van der Waals surface area contributed by atoms with Crippen LogP contribution in [0.1, 0.15) is 30.0 Å². The molecule has 0 bridgehead atoms. The van der Waals surface area contributed by atoms with Crippen LogP contribution < -0.4 is 5.32 Å². The molecule has 1 amide bonds. The third-order valence-electron chi connectivity index (χ3n) is 5.69. The molecule has 0 atom stereocenters. The maximum Gasteiger partial charge on any atom is 0.248 e. The van der Waals surface area contributed by atoms with Gasteiger partial charge in [0.1, 0.15) is 12.0 Å². The first-order chi connectivity index (χ1) is 15.5. The van der Waals surface area contributed by atoms with Gasteiger partial charge in [0, 0.05) is 60.5 Å². The maximum atomic E-state index is 14.6. The number of halogens is 2. The van der Waals surface area contributed by atoms with Gasteiger partial charge in [-0.05, 0) is 36.6 Å². The van der Waals surface area contributed by atoms with E-state index in [1.54, 1.807) is 12.3 Å². The molecule has 1 saturated heterocycles. The molecule has 1 aromatic carbocycles. The van der Waals surface area contributed by atoms with Gasteiger partial charge in [-0.15, -0.1) is 0 Å². The van der Waals surface area contributed by atoms with E-state index in [4.69, 9.17) is 0 Å². The number of anilines is 1. The van der Waals surface area contributed by atoms with Crippen molar-refractivity contribution in [3.63, 3.8) is 0 Å². The standard InChI is InChI=1S/C24H23F2N5O/c25-19-14-30(15-19)12-16-1-4-20(5-2-16)29-23(32)8-3-17-9-27-11-22(26)24(17)18-10-28-31(13-18)21-6-7-21/h1-5,8-11,13,19,21H,6-7,12,14-15H2,(H,29,32). The third-order valence-corrected chi connectivity index (χ3v) is 5.69. The minimum absolute atomic E-state index is 0.329. The number of alkyl halides is 1. The molecule has 0 spiro atoms. The fourth-order valence-corrected chi connectivity index (χ4v) is 3.82. The zero-order valence-electron chi connectivity index (χ0n) is 17.4. The van der Waals surface area contributed by atoms with E-state index in [1.165, 1.54) is 12.3 Å². The van der Waals surface area contributed by atoms with Gasteiger partial charge in [-0.25, -0.2) is 8.78 Å². The van der Waals surface area contributed by atoms with Crippen LogP contribution in [0, 0.1) is 5.82 Å². The number of benzene rings is 1. The minimum Gasteiger partial charge on any atom is -0.323 e. The minimum atomic E-state index is -0.719. The topological polar surface area (TPSA) is 63.1 Å². The summed E-state index contributed by atoms with van der Waals surface area (Å²) < 4.78 is 29.3. The second kappa shape index (κ2) is 8.63. The number of pyridine rings is 1. The van der Waals surface area contributed by atoms with Crippen LogP contribution in [-0.4, -0.2) is 44.8 Å². The Morgan fingerprint density at radius 1 is 1.16 bits per heavy atom. The lowest BCUT2D eigenvalue weighted by atomic mass is 10.0. The van der Waals surface area contributed by atoms with Gasteiger partial charge in [-0.3, -0.25) is 19.4 Å². The monoisotopic (exact) mass is 435 g/mol. The molecule has 3 aromatic rings. The summed E-state index contributed by atoms with van der Waals surface area (Å²) in [5.41, 5.74) is 3.26. The fraction of sp³-hybridized carbons (Fsp3) is 0.292. The van der Waals surface area contributed by atoms with Gasteiger partial charge in [0.15, 0.2) is 0 Å². The second-order valence-electron chi connectivity index (χ2n) is 8.34. The third kappa shape index (κ3) is 4.60. The van der Waals surface area contributed by atoms with Crippen molar-refractivity contribution in [3.05, 3.63) is 72.1 Å². The summed E-state index contributed by atoms with van der Waals surface area (Å²) in [7, 11) is 0. The van der Waals surface area contributed by atoms with Gasteiger partial charge >= 0.3 is 0 Å². The lowest BCUT2D eigenvalue weighted by Crippen LogP contribution is -2.47. The van der Waals surface area contributed by atoms with Crippen LogP contribution in [0.3, 0.4) is 0 Å². The van der Waals surface area contributed by atoms with E-state index in [9.17, 15) is 13.6 Å². The molecule has 0 unspecified atom stereocenters. The van der Waals surface area contributed by atoms with E-state index in [1.807, 2.05) is 40.0 Å². The number of likely N-dealkylation sites (tertiary alicyclic amines) is 1. The molecule has 1 aliphatic heterocycles. The van der Waals surface area contributed by atoms with Gasteiger partial charge in [0.25, 0.3) is 0 Å². The van der Waals surface area contributed by atoms with Crippen molar-refractivity contribution in [1.82, 2.24) is 19.7 Å². The molecule has 32 heavy (non-hydrogen) atoms. The van der Waals surface area contributed by atoms with Crippen molar-refractivity contribution in [1.29, 1.82) is 0 Å². The number of nitrogens with one attached hydrogen (secondary N) is 1. The smallest absolute Gasteiger partial charge is 0.248 e. The van der Waals surface area contributed by atoms with Crippen LogP contribution in [0.2, 0.25) is 0 Å². The fourth-order valence-electron chi connectivity index (χ4n) is 3.82. The van der Waals surface area contributed by atoms with Crippen molar-refractivity contribution >= 4 is 17.7 Å². The molecule has 6 nitrogen and oxygen atoms in total. The summed E-state index contributed by atoms with van der Waals surface area (Å²) in [5, 5.41) is 7.13. The summed E-state index contributed by atoms with van der Waals surface area (Å²) in [6, 6.07) is 7.86. The van der Waals surface area contributed by atoms with E-state index in [0.29, 0.717) is 48.1 Å². The molecular weight excluding hydrogens is 412 g/mol. The molecular formula is C24H23F2N5O. The highest BCUT2D eigenvalue weighted by molar-refractivity contribution is 6.02. The lowest BCUT2D eigenvalue weighted by molar-refractivity contribution is -0.111. The van der Waals surface area contributed by atoms with E-state index in [-0.39, 0.29) is 5.91 Å². The van der Waals surface area contributed by atoms with Crippen LogP contribution in [-0.2, 0) is 11.3 Å². The summed E-state index contributed by atoms with van der Waals surface area (Å²) in [5.74, 6) is -0.788. The summed E-state index contributed by atoms with van der Waals surface area (Å²) >= 11 is 0. The zero-order valence-corrected chi connectivity index (χ0v) is 17.4. The Morgan fingerprint density at radius 3 is 2.66 bits per heavy atom. The molecule has 1 saturated carbocycles. The van der Waals surface area contributed by atoms with Crippen molar-refractivity contribution < 1.29 is 13.6 Å². The molecule has 164 valence electrons. The maximum absolute atomic E-state index is 14.6. The first kappa shape index (κ1) is 20.5. The number of nitrogens with zero attached hydrogens (tertiary/aromatic N) is 4. The van der Waals surface area contributed by atoms with Gasteiger partial charge < -0.3 is 5.32 Å². The predicted octanol–water partition coefficient (Wildman–Crippen LogP) is 4.22. The molecule has 2 aromatic heterocycles. The molecule has 2 aliphatic rings. The van der Waals surface area contributed by atoms with E-state index in [2.05, 4.69) is 15.4 Å². The molecule has 1 N–H and O–H groups in total.